The number of nitrogens with two attached hydrogens (primary N) is 1. The molecule has 1 aromatic carbocycles. The molecule has 0 spiro atoms. The summed E-state index contributed by atoms with van der Waals surface area (Å²) in [4.78, 5) is 22.5. The van der Waals surface area contributed by atoms with Crippen LogP contribution in [0.2, 0.25) is 0 Å². The Kier molecular flexibility index (Phi) is 4.13. The highest BCUT2D eigenvalue weighted by atomic mass is 16.3. The number of aliphatic hydroxyl groups excluding tert-OH is 1. The van der Waals surface area contributed by atoms with Crippen LogP contribution in [0.25, 0.3) is 0 Å². The van der Waals surface area contributed by atoms with Crippen LogP contribution in [0.1, 0.15) is 21.5 Å². The highest BCUT2D eigenvalue weighted by Gasteiger charge is 2.15. The van der Waals surface area contributed by atoms with Crippen LogP contribution in [0.5, 0.6) is 0 Å². The molecule has 2 amide bonds. The van der Waals surface area contributed by atoms with Gasteiger partial charge in [0.2, 0.25) is 5.91 Å². The Morgan fingerprint density at radius 1 is 1.42 bits per heavy atom. The molecule has 2 rings (SSSR count). The van der Waals surface area contributed by atoms with Crippen molar-refractivity contribution in [3.63, 3.8) is 0 Å². The van der Waals surface area contributed by atoms with E-state index < -0.39 is 12.0 Å². The standard InChI is InChI=1S/C13H17N3O3/c14-12(18)11(17)7-16-13(19)9-2-1-8-3-4-15-6-10(8)5-9/h1-2,5,11,15,17H,3-4,6-7H2,(H2,14,18)(H,16,19). The molecular weight excluding hydrogens is 246 g/mol. The van der Waals surface area contributed by atoms with Crippen LogP contribution >= 0.6 is 0 Å². The van der Waals surface area contributed by atoms with E-state index in [1.165, 1.54) is 5.56 Å². The van der Waals surface area contributed by atoms with E-state index in [4.69, 9.17) is 5.73 Å². The SMILES string of the molecule is NC(=O)C(O)CNC(=O)c1ccc2c(c1)CNCC2. The minimum absolute atomic E-state index is 0.177. The predicted octanol–water partition coefficient (Wildman–Crippen LogP) is -1.09. The van der Waals surface area contributed by atoms with Crippen LogP contribution in [0, 0.1) is 0 Å². The highest BCUT2D eigenvalue weighted by Crippen LogP contribution is 2.15. The molecule has 19 heavy (non-hydrogen) atoms. The van der Waals surface area contributed by atoms with E-state index in [1.54, 1.807) is 6.07 Å². The molecular formula is C13H17N3O3. The van der Waals surface area contributed by atoms with E-state index >= 15 is 0 Å². The number of carbonyl (C=O) groups excluding carboxylic acids is 2. The van der Waals surface area contributed by atoms with Gasteiger partial charge in [-0.15, -0.1) is 0 Å². The number of aliphatic hydroxyl groups is 1. The van der Waals surface area contributed by atoms with E-state index in [-0.39, 0.29) is 12.5 Å². The molecule has 1 aromatic rings. The molecule has 1 unspecified atom stereocenters. The summed E-state index contributed by atoms with van der Waals surface area (Å²) in [6, 6.07) is 5.51. The maximum absolute atomic E-state index is 11.9. The molecule has 0 aliphatic carbocycles. The summed E-state index contributed by atoms with van der Waals surface area (Å²) in [5, 5.41) is 14.9. The number of primary amides is 1. The maximum Gasteiger partial charge on any atom is 0.251 e. The normalized spacial score (nSPS) is 15.4. The second-order valence-electron chi connectivity index (χ2n) is 4.54. The van der Waals surface area contributed by atoms with Gasteiger partial charge in [-0.05, 0) is 36.2 Å². The van der Waals surface area contributed by atoms with Crippen molar-refractivity contribution in [1.29, 1.82) is 0 Å². The number of rotatable bonds is 4. The van der Waals surface area contributed by atoms with Crippen molar-refractivity contribution in [2.75, 3.05) is 13.1 Å². The second kappa shape index (κ2) is 5.81. The van der Waals surface area contributed by atoms with Crippen molar-refractivity contribution in [2.45, 2.75) is 19.1 Å². The van der Waals surface area contributed by atoms with Crippen molar-refractivity contribution >= 4 is 11.8 Å². The summed E-state index contributed by atoms with van der Waals surface area (Å²) in [7, 11) is 0. The number of benzene rings is 1. The Labute approximate surface area is 111 Å². The van der Waals surface area contributed by atoms with Crippen molar-refractivity contribution in [3.8, 4) is 0 Å². The molecule has 0 aromatic heterocycles. The second-order valence-corrected chi connectivity index (χ2v) is 4.54. The van der Waals surface area contributed by atoms with E-state index in [9.17, 15) is 14.7 Å². The fourth-order valence-corrected chi connectivity index (χ4v) is 2.01. The quantitative estimate of drug-likeness (QED) is 0.554. The van der Waals surface area contributed by atoms with Crippen molar-refractivity contribution < 1.29 is 14.7 Å². The molecule has 1 heterocycles. The summed E-state index contributed by atoms with van der Waals surface area (Å²) < 4.78 is 0. The summed E-state index contributed by atoms with van der Waals surface area (Å²) >= 11 is 0. The Bertz CT molecular complexity index is 502. The van der Waals surface area contributed by atoms with E-state index in [2.05, 4.69) is 10.6 Å². The molecule has 0 saturated carbocycles. The molecule has 1 atom stereocenters. The Morgan fingerprint density at radius 3 is 2.95 bits per heavy atom. The van der Waals surface area contributed by atoms with Gasteiger partial charge in [0.05, 0.1) is 6.54 Å². The van der Waals surface area contributed by atoms with Gasteiger partial charge in [0.25, 0.3) is 5.91 Å². The minimum Gasteiger partial charge on any atom is -0.381 e. The number of nitrogens with one attached hydrogen (secondary N) is 2. The zero-order valence-electron chi connectivity index (χ0n) is 10.5. The lowest BCUT2D eigenvalue weighted by Gasteiger charge is -2.17. The Balaban J connectivity index is 2.01. The number of hydrogen-bond donors (Lipinski definition) is 4. The molecule has 1 aliphatic heterocycles. The van der Waals surface area contributed by atoms with Gasteiger partial charge in [0.1, 0.15) is 6.10 Å². The van der Waals surface area contributed by atoms with E-state index in [0.717, 1.165) is 25.1 Å². The Hall–Kier alpha value is -1.92. The number of fused-ring (bicyclic) bond motifs is 1. The first kappa shape index (κ1) is 13.5. The van der Waals surface area contributed by atoms with Gasteiger partial charge in [-0.25, -0.2) is 0 Å². The lowest BCUT2D eigenvalue weighted by atomic mass is 9.98. The molecule has 102 valence electrons. The lowest BCUT2D eigenvalue weighted by molar-refractivity contribution is -0.125. The summed E-state index contributed by atoms with van der Waals surface area (Å²) in [6.45, 7) is 1.52. The fourth-order valence-electron chi connectivity index (χ4n) is 2.01. The average Bonchev–Trinajstić information content (AvgIpc) is 2.43. The van der Waals surface area contributed by atoms with Crippen LogP contribution in [-0.4, -0.2) is 36.1 Å². The molecule has 1 aliphatic rings. The van der Waals surface area contributed by atoms with Crippen LogP contribution in [0.4, 0.5) is 0 Å². The maximum atomic E-state index is 11.9. The molecule has 0 bridgehead atoms. The monoisotopic (exact) mass is 263 g/mol. The van der Waals surface area contributed by atoms with E-state index in [1.807, 2.05) is 12.1 Å². The van der Waals surface area contributed by atoms with Gasteiger partial charge in [0, 0.05) is 12.1 Å². The third-order valence-corrected chi connectivity index (χ3v) is 3.14. The van der Waals surface area contributed by atoms with Crippen molar-refractivity contribution in [1.82, 2.24) is 10.6 Å². The first-order valence-electron chi connectivity index (χ1n) is 6.16. The lowest BCUT2D eigenvalue weighted by Crippen LogP contribution is -2.40. The van der Waals surface area contributed by atoms with Gasteiger partial charge in [-0.1, -0.05) is 6.07 Å². The first-order chi connectivity index (χ1) is 9.08. The van der Waals surface area contributed by atoms with Gasteiger partial charge in [-0.2, -0.15) is 0 Å². The minimum atomic E-state index is -1.36. The van der Waals surface area contributed by atoms with Crippen LogP contribution in [0.15, 0.2) is 18.2 Å². The average molecular weight is 263 g/mol. The zero-order valence-corrected chi connectivity index (χ0v) is 10.5. The number of amides is 2. The molecule has 6 nitrogen and oxygen atoms in total. The van der Waals surface area contributed by atoms with Crippen LogP contribution in [-0.2, 0) is 17.8 Å². The molecule has 0 fully saturated rings. The summed E-state index contributed by atoms with van der Waals surface area (Å²) in [5.74, 6) is -1.18. The zero-order chi connectivity index (χ0) is 13.8. The van der Waals surface area contributed by atoms with Crippen molar-refractivity contribution in [3.05, 3.63) is 34.9 Å². The van der Waals surface area contributed by atoms with Gasteiger partial charge in [-0.3, -0.25) is 9.59 Å². The van der Waals surface area contributed by atoms with Gasteiger partial charge in [0.15, 0.2) is 0 Å². The van der Waals surface area contributed by atoms with E-state index in [0.29, 0.717) is 5.56 Å². The van der Waals surface area contributed by atoms with Crippen molar-refractivity contribution in [2.24, 2.45) is 5.73 Å². The predicted molar refractivity (Wildman–Crippen MR) is 69.4 cm³/mol. The molecule has 0 radical (unpaired) electrons. The molecule has 0 saturated heterocycles. The Morgan fingerprint density at radius 2 is 2.21 bits per heavy atom. The third-order valence-electron chi connectivity index (χ3n) is 3.14. The van der Waals surface area contributed by atoms with Crippen LogP contribution in [0.3, 0.4) is 0 Å². The largest absolute Gasteiger partial charge is 0.381 e. The topological polar surface area (TPSA) is 104 Å². The fraction of sp³-hybridized carbons (Fsp3) is 0.385. The molecule has 6 heteroatoms. The van der Waals surface area contributed by atoms with Gasteiger partial charge < -0.3 is 21.5 Å². The number of hydrogen-bond acceptors (Lipinski definition) is 4. The smallest absolute Gasteiger partial charge is 0.251 e. The molecule has 5 N–H and O–H groups in total. The first-order valence-corrected chi connectivity index (χ1v) is 6.16. The number of carbonyl (C=O) groups is 2. The van der Waals surface area contributed by atoms with Gasteiger partial charge >= 0.3 is 0 Å². The highest BCUT2D eigenvalue weighted by molar-refractivity contribution is 5.94. The summed E-state index contributed by atoms with van der Waals surface area (Å²) in [6.07, 6.45) is -0.402. The third kappa shape index (κ3) is 3.30. The summed E-state index contributed by atoms with van der Waals surface area (Å²) in [5.41, 5.74) is 7.77. The van der Waals surface area contributed by atoms with Crippen LogP contribution < -0.4 is 16.4 Å².